The molecule has 0 bridgehead atoms. The third kappa shape index (κ3) is 20.0. The summed E-state index contributed by atoms with van der Waals surface area (Å²) in [5.74, 6) is -9.76. The summed E-state index contributed by atoms with van der Waals surface area (Å²) < 4.78 is 36.5. The number of carbonyl (C=O) groups excluding carboxylic acids is 8. The van der Waals surface area contributed by atoms with E-state index in [0.29, 0.717) is 61.4 Å². The van der Waals surface area contributed by atoms with Crippen molar-refractivity contribution >= 4 is 70.6 Å². The molecule has 2 aromatic carbocycles. The number of rotatable bonds is 24. The minimum Gasteiger partial charge on any atom is -0.462 e. The van der Waals surface area contributed by atoms with Crippen LogP contribution in [0.4, 0.5) is 32.3 Å². The zero-order valence-corrected chi connectivity index (χ0v) is 37.7. The second-order valence-corrected chi connectivity index (χ2v) is 15.4. The summed E-state index contributed by atoms with van der Waals surface area (Å²) in [7, 11) is 0. The number of carbonyl (C=O) groups is 8. The van der Waals surface area contributed by atoms with Crippen LogP contribution in [0.25, 0.3) is 0 Å². The number of amides is 4. The van der Waals surface area contributed by atoms with Crippen molar-refractivity contribution in [3.8, 4) is 0 Å². The van der Waals surface area contributed by atoms with Crippen molar-refractivity contribution in [2.75, 3.05) is 47.7 Å². The topological polar surface area (TPSA) is 249 Å². The van der Waals surface area contributed by atoms with Crippen molar-refractivity contribution in [2.24, 2.45) is 11.8 Å². The van der Waals surface area contributed by atoms with Gasteiger partial charge >= 0.3 is 36.1 Å². The van der Waals surface area contributed by atoms with Gasteiger partial charge in [0.15, 0.2) is 0 Å². The van der Waals surface area contributed by atoms with Crippen LogP contribution in [0.3, 0.4) is 0 Å². The van der Waals surface area contributed by atoms with E-state index in [1.54, 1.807) is 93.5 Å². The number of hydrogen-bond donors (Lipinski definition) is 4. The molecule has 0 unspecified atom stereocenters. The van der Waals surface area contributed by atoms with Crippen LogP contribution in [-0.2, 0) is 61.9 Å². The second-order valence-electron chi connectivity index (χ2n) is 15.4. The zero-order valence-electron chi connectivity index (χ0n) is 37.7. The molecule has 0 aliphatic rings. The van der Waals surface area contributed by atoms with Gasteiger partial charge in [-0.05, 0) is 130 Å². The number of anilines is 4. The van der Waals surface area contributed by atoms with E-state index >= 15 is 0 Å². The number of hydrogen-bond acceptors (Lipinski definition) is 15. The van der Waals surface area contributed by atoms with Crippen LogP contribution in [0.1, 0.15) is 92.2 Å². The van der Waals surface area contributed by atoms with E-state index in [0.717, 1.165) is 0 Å². The lowest BCUT2D eigenvalue weighted by Gasteiger charge is -2.19. The fourth-order valence-electron chi connectivity index (χ4n) is 5.25. The molecule has 4 N–H and O–H groups in total. The van der Waals surface area contributed by atoms with E-state index in [2.05, 4.69) is 21.3 Å². The molecule has 0 radical (unpaired) electrons. The number of nitrogens with one attached hydrogen (secondary N) is 4. The molecule has 0 aliphatic heterocycles. The van der Waals surface area contributed by atoms with Crippen LogP contribution in [0.2, 0.25) is 0 Å². The molecule has 0 spiro atoms. The first kappa shape index (κ1) is 52.9. The SMILES string of the molecule is Cc1ccc(NC(=O)OCCCCOCCCCOC(=O)Nc2ccc(C)c(NC(=O)C(C(=O)OC(C)C)C(=O)OC(C)C)c2)cc1NC(=O)C(C(=O)OC(C)C)C(=O)OC(C)C. The average Bonchev–Trinajstić information content (AvgIpc) is 3.15. The Morgan fingerprint density at radius 3 is 1.05 bits per heavy atom. The van der Waals surface area contributed by atoms with Gasteiger partial charge < -0.3 is 43.8 Å². The highest BCUT2D eigenvalue weighted by Crippen LogP contribution is 2.24. The molecule has 0 fully saturated rings. The monoisotopic (exact) mass is 886 g/mol. The van der Waals surface area contributed by atoms with Crippen molar-refractivity contribution in [3.63, 3.8) is 0 Å². The maximum atomic E-state index is 13.1. The highest BCUT2D eigenvalue weighted by molar-refractivity contribution is 6.19. The molecule has 2 rings (SSSR count). The summed E-state index contributed by atoms with van der Waals surface area (Å²) in [5, 5.41) is 10.3. The summed E-state index contributed by atoms with van der Waals surface area (Å²) in [6.45, 7) is 17.1. The van der Waals surface area contributed by atoms with Gasteiger partial charge in [-0.15, -0.1) is 0 Å². The molecule has 0 aromatic heterocycles. The molecule has 0 atom stereocenters. The van der Waals surface area contributed by atoms with Crippen LogP contribution < -0.4 is 21.3 Å². The lowest BCUT2D eigenvalue weighted by atomic mass is 10.1. The highest BCUT2D eigenvalue weighted by atomic mass is 16.6. The molecule has 2 aromatic rings. The standard InChI is InChI=1S/C44H62N4O15/c1-25(2)60-39(51)35(40(52)61-26(3)4)37(49)47-33-23-31(17-15-29(33)9)45-43(55)58-21-13-11-19-57-20-12-14-22-59-44(56)46-32-18-16-30(10)34(24-32)48-38(50)36(41(53)62-27(5)6)42(54)63-28(7)8/h15-18,23-28,35-36H,11-14,19-22H2,1-10H3,(H,45,55)(H,46,56)(H,47,49)(H,48,50). The Morgan fingerprint density at radius 1 is 0.444 bits per heavy atom. The maximum Gasteiger partial charge on any atom is 0.411 e. The van der Waals surface area contributed by atoms with Gasteiger partial charge in [-0.1, -0.05) is 12.1 Å². The first-order valence-electron chi connectivity index (χ1n) is 20.8. The lowest BCUT2D eigenvalue weighted by Crippen LogP contribution is -2.40. The molecule has 0 heterocycles. The molecule has 0 saturated heterocycles. The van der Waals surface area contributed by atoms with Crippen molar-refractivity contribution in [2.45, 2.75) is 119 Å². The van der Waals surface area contributed by atoms with Crippen molar-refractivity contribution in [1.29, 1.82) is 0 Å². The summed E-state index contributed by atoms with van der Waals surface area (Å²) in [5.41, 5.74) is 2.29. The van der Waals surface area contributed by atoms with Crippen LogP contribution in [0.5, 0.6) is 0 Å². The van der Waals surface area contributed by atoms with E-state index in [9.17, 15) is 38.4 Å². The number of aryl methyl sites for hydroxylation is 2. The predicted molar refractivity (Wildman–Crippen MR) is 231 cm³/mol. The normalized spacial score (nSPS) is 11.0. The summed E-state index contributed by atoms with van der Waals surface area (Å²) >= 11 is 0. The molecule has 0 saturated carbocycles. The number of esters is 4. The molecule has 19 nitrogen and oxygen atoms in total. The fraction of sp³-hybridized carbons (Fsp3) is 0.545. The smallest absolute Gasteiger partial charge is 0.411 e. The Bertz CT molecular complexity index is 1720. The number of unbranched alkanes of at least 4 members (excludes halogenated alkanes) is 2. The van der Waals surface area contributed by atoms with Crippen molar-refractivity contribution in [3.05, 3.63) is 47.5 Å². The third-order valence-corrected chi connectivity index (χ3v) is 8.19. The Hall–Kier alpha value is -6.24. The Kier molecular flexibility index (Phi) is 22.6. The van der Waals surface area contributed by atoms with E-state index in [1.807, 2.05) is 0 Å². The summed E-state index contributed by atoms with van der Waals surface area (Å²) in [6.07, 6.45) is -1.47. The van der Waals surface area contributed by atoms with Gasteiger partial charge in [-0.25, -0.2) is 9.59 Å². The minimum atomic E-state index is -1.85. The van der Waals surface area contributed by atoms with Crippen LogP contribution in [0, 0.1) is 25.7 Å². The highest BCUT2D eigenvalue weighted by Gasteiger charge is 2.39. The molecular formula is C44H62N4O15. The number of ether oxygens (including phenoxy) is 7. The molecule has 0 aliphatic carbocycles. The van der Waals surface area contributed by atoms with Crippen LogP contribution >= 0.6 is 0 Å². The van der Waals surface area contributed by atoms with E-state index in [4.69, 9.17) is 33.2 Å². The van der Waals surface area contributed by atoms with Gasteiger partial charge in [0.25, 0.3) is 0 Å². The van der Waals surface area contributed by atoms with Gasteiger partial charge in [0.2, 0.25) is 23.7 Å². The van der Waals surface area contributed by atoms with Gasteiger partial charge in [0.05, 0.1) is 37.6 Å². The molecular weight excluding hydrogens is 824 g/mol. The summed E-state index contributed by atoms with van der Waals surface area (Å²) in [6, 6.07) is 9.39. The average molecular weight is 887 g/mol. The lowest BCUT2D eigenvalue weighted by molar-refractivity contribution is -0.170. The van der Waals surface area contributed by atoms with Crippen molar-refractivity contribution in [1.82, 2.24) is 0 Å². The summed E-state index contributed by atoms with van der Waals surface area (Å²) in [4.78, 5) is 101. The second kappa shape index (κ2) is 27.0. The van der Waals surface area contributed by atoms with Gasteiger partial charge in [-0.2, -0.15) is 0 Å². The van der Waals surface area contributed by atoms with Crippen LogP contribution in [0.15, 0.2) is 36.4 Å². The fourth-order valence-corrected chi connectivity index (χ4v) is 5.25. The predicted octanol–water partition coefficient (Wildman–Crippen LogP) is 6.59. The van der Waals surface area contributed by atoms with Crippen LogP contribution in [-0.4, -0.2) is 98.7 Å². The minimum absolute atomic E-state index is 0.112. The molecule has 4 amide bonds. The number of benzene rings is 2. The van der Waals surface area contributed by atoms with E-state index in [-0.39, 0.29) is 24.6 Å². The van der Waals surface area contributed by atoms with Crippen molar-refractivity contribution < 1.29 is 71.5 Å². The van der Waals surface area contributed by atoms with Gasteiger partial charge in [0, 0.05) is 36.0 Å². The molecule has 63 heavy (non-hydrogen) atoms. The largest absolute Gasteiger partial charge is 0.462 e. The first-order chi connectivity index (χ1) is 29.7. The van der Waals surface area contributed by atoms with Gasteiger partial charge in [-0.3, -0.25) is 39.4 Å². The maximum absolute atomic E-state index is 13.1. The molecule has 19 heteroatoms. The third-order valence-electron chi connectivity index (χ3n) is 8.19. The van der Waals surface area contributed by atoms with E-state index in [1.165, 1.54) is 12.1 Å². The molecule has 348 valence electrons. The quantitative estimate of drug-likeness (QED) is 0.0376. The zero-order chi connectivity index (χ0) is 47.2. The van der Waals surface area contributed by atoms with Gasteiger partial charge in [0.1, 0.15) is 0 Å². The first-order valence-corrected chi connectivity index (χ1v) is 20.8. The van der Waals surface area contributed by atoms with E-state index < -0.39 is 84.1 Å². The Morgan fingerprint density at radius 2 is 0.746 bits per heavy atom. The Labute approximate surface area is 367 Å². The Balaban J connectivity index is 1.71.